The Hall–Kier alpha value is -0.830. The zero-order chi connectivity index (χ0) is 10.1. The van der Waals surface area contributed by atoms with Crippen molar-refractivity contribution in [3.8, 4) is 0 Å². The molecule has 3 heteroatoms. The first-order chi connectivity index (χ1) is 6.72. The molecule has 0 bridgehead atoms. The molecule has 1 atom stereocenters. The van der Waals surface area contributed by atoms with Crippen LogP contribution in [-0.4, -0.2) is 16.8 Å². The Labute approximate surface area is 85.5 Å². The molecule has 14 heavy (non-hydrogen) atoms. The first kappa shape index (κ1) is 9.71. The number of aromatic nitrogens is 2. The van der Waals surface area contributed by atoms with Gasteiger partial charge in [-0.05, 0) is 26.3 Å². The first-order valence-electron chi connectivity index (χ1n) is 5.38. The zero-order valence-corrected chi connectivity index (χ0v) is 9.25. The lowest BCUT2D eigenvalue weighted by molar-refractivity contribution is 0.511. The molecule has 1 aromatic heterocycles. The average molecular weight is 193 g/mol. The third kappa shape index (κ3) is 1.82. The standard InChI is InChI=1S/C11H19N3/c1-8-10(7-13-14(8)3)11(12-2)6-9-4-5-9/h7,9,11-12H,4-6H2,1-3H3. The van der Waals surface area contributed by atoms with Gasteiger partial charge in [-0.15, -0.1) is 0 Å². The second-order valence-corrected chi connectivity index (χ2v) is 4.33. The van der Waals surface area contributed by atoms with Crippen LogP contribution in [0.25, 0.3) is 0 Å². The van der Waals surface area contributed by atoms with Crippen LogP contribution in [-0.2, 0) is 7.05 Å². The van der Waals surface area contributed by atoms with Gasteiger partial charge < -0.3 is 5.32 Å². The van der Waals surface area contributed by atoms with Gasteiger partial charge in [-0.1, -0.05) is 12.8 Å². The van der Waals surface area contributed by atoms with Crippen LogP contribution in [0.3, 0.4) is 0 Å². The molecule has 1 heterocycles. The number of nitrogens with one attached hydrogen (secondary N) is 1. The topological polar surface area (TPSA) is 29.9 Å². The number of hydrogen-bond acceptors (Lipinski definition) is 2. The molecular weight excluding hydrogens is 174 g/mol. The molecule has 1 aliphatic carbocycles. The summed E-state index contributed by atoms with van der Waals surface area (Å²) in [4.78, 5) is 0. The largest absolute Gasteiger partial charge is 0.313 e. The van der Waals surface area contributed by atoms with Crippen LogP contribution in [0.5, 0.6) is 0 Å². The van der Waals surface area contributed by atoms with E-state index in [2.05, 4.69) is 17.3 Å². The minimum atomic E-state index is 0.496. The van der Waals surface area contributed by atoms with E-state index in [4.69, 9.17) is 0 Å². The summed E-state index contributed by atoms with van der Waals surface area (Å²) in [5.41, 5.74) is 2.65. The van der Waals surface area contributed by atoms with Gasteiger partial charge in [0.1, 0.15) is 0 Å². The van der Waals surface area contributed by atoms with E-state index in [1.807, 2.05) is 25.0 Å². The lowest BCUT2D eigenvalue weighted by Gasteiger charge is -2.15. The van der Waals surface area contributed by atoms with Gasteiger partial charge in [0.05, 0.1) is 6.20 Å². The monoisotopic (exact) mass is 193 g/mol. The Morgan fingerprint density at radius 3 is 2.79 bits per heavy atom. The predicted octanol–water partition coefficient (Wildman–Crippen LogP) is 1.79. The van der Waals surface area contributed by atoms with Crippen molar-refractivity contribution in [2.24, 2.45) is 13.0 Å². The lowest BCUT2D eigenvalue weighted by atomic mass is 10.0. The van der Waals surface area contributed by atoms with Gasteiger partial charge in [0, 0.05) is 24.3 Å². The third-order valence-electron chi connectivity index (χ3n) is 3.26. The molecule has 1 unspecified atom stereocenters. The molecule has 1 aliphatic rings. The average Bonchev–Trinajstić information content (AvgIpc) is 2.94. The molecule has 0 amide bonds. The lowest BCUT2D eigenvalue weighted by Crippen LogP contribution is -2.17. The molecular formula is C11H19N3. The molecule has 2 rings (SSSR count). The van der Waals surface area contributed by atoms with E-state index in [9.17, 15) is 0 Å². The summed E-state index contributed by atoms with van der Waals surface area (Å²) in [6.07, 6.45) is 6.09. The Balaban J connectivity index is 2.12. The summed E-state index contributed by atoms with van der Waals surface area (Å²) in [6, 6.07) is 0.496. The molecule has 0 aromatic carbocycles. The minimum Gasteiger partial charge on any atom is -0.313 e. The van der Waals surface area contributed by atoms with Crippen LogP contribution in [0.1, 0.15) is 36.6 Å². The van der Waals surface area contributed by atoms with E-state index in [-0.39, 0.29) is 0 Å². The van der Waals surface area contributed by atoms with Crippen LogP contribution in [0.15, 0.2) is 6.20 Å². The number of hydrogen-bond donors (Lipinski definition) is 1. The number of aryl methyl sites for hydroxylation is 1. The predicted molar refractivity (Wildman–Crippen MR) is 57.1 cm³/mol. The van der Waals surface area contributed by atoms with Gasteiger partial charge in [-0.3, -0.25) is 4.68 Å². The molecule has 78 valence electrons. The van der Waals surface area contributed by atoms with Gasteiger partial charge in [0.2, 0.25) is 0 Å². The second-order valence-electron chi connectivity index (χ2n) is 4.33. The fourth-order valence-corrected chi connectivity index (χ4v) is 1.94. The van der Waals surface area contributed by atoms with Gasteiger partial charge in [-0.2, -0.15) is 5.10 Å². The maximum Gasteiger partial charge on any atom is 0.0540 e. The maximum absolute atomic E-state index is 4.29. The van der Waals surface area contributed by atoms with Gasteiger partial charge in [-0.25, -0.2) is 0 Å². The first-order valence-corrected chi connectivity index (χ1v) is 5.38. The third-order valence-corrected chi connectivity index (χ3v) is 3.26. The molecule has 1 N–H and O–H groups in total. The fraction of sp³-hybridized carbons (Fsp3) is 0.727. The Morgan fingerprint density at radius 1 is 1.64 bits per heavy atom. The van der Waals surface area contributed by atoms with Crippen molar-refractivity contribution < 1.29 is 0 Å². The highest BCUT2D eigenvalue weighted by atomic mass is 15.3. The Morgan fingerprint density at radius 2 is 2.36 bits per heavy atom. The Kier molecular flexibility index (Phi) is 2.59. The van der Waals surface area contributed by atoms with Crippen LogP contribution in [0, 0.1) is 12.8 Å². The molecule has 0 aliphatic heterocycles. The van der Waals surface area contributed by atoms with E-state index >= 15 is 0 Å². The summed E-state index contributed by atoms with van der Waals surface area (Å²) in [5.74, 6) is 0.951. The molecule has 0 radical (unpaired) electrons. The van der Waals surface area contributed by atoms with Crippen molar-refractivity contribution in [2.45, 2.75) is 32.2 Å². The van der Waals surface area contributed by atoms with E-state index in [0.717, 1.165) is 5.92 Å². The van der Waals surface area contributed by atoms with Crippen molar-refractivity contribution in [3.63, 3.8) is 0 Å². The highest BCUT2D eigenvalue weighted by molar-refractivity contribution is 5.20. The van der Waals surface area contributed by atoms with Crippen LogP contribution in [0.2, 0.25) is 0 Å². The van der Waals surface area contributed by atoms with E-state index in [1.54, 1.807) is 0 Å². The highest BCUT2D eigenvalue weighted by Gasteiger charge is 2.26. The fourth-order valence-electron chi connectivity index (χ4n) is 1.94. The smallest absolute Gasteiger partial charge is 0.0540 e. The highest BCUT2D eigenvalue weighted by Crippen LogP contribution is 2.37. The van der Waals surface area contributed by atoms with E-state index < -0.39 is 0 Å². The van der Waals surface area contributed by atoms with Crippen molar-refractivity contribution in [3.05, 3.63) is 17.5 Å². The van der Waals surface area contributed by atoms with Gasteiger partial charge in [0.25, 0.3) is 0 Å². The van der Waals surface area contributed by atoms with Crippen LogP contribution in [0.4, 0.5) is 0 Å². The number of rotatable bonds is 4. The number of nitrogens with zero attached hydrogens (tertiary/aromatic N) is 2. The summed E-state index contributed by atoms with van der Waals surface area (Å²) in [7, 11) is 4.04. The molecule has 1 fully saturated rings. The summed E-state index contributed by atoms with van der Waals surface area (Å²) in [6.45, 7) is 2.14. The van der Waals surface area contributed by atoms with Crippen molar-refractivity contribution in [1.82, 2.24) is 15.1 Å². The molecule has 3 nitrogen and oxygen atoms in total. The second kappa shape index (κ2) is 3.73. The minimum absolute atomic E-state index is 0.496. The van der Waals surface area contributed by atoms with Crippen molar-refractivity contribution in [1.29, 1.82) is 0 Å². The van der Waals surface area contributed by atoms with E-state index in [0.29, 0.717) is 6.04 Å². The van der Waals surface area contributed by atoms with Crippen molar-refractivity contribution in [2.75, 3.05) is 7.05 Å². The van der Waals surface area contributed by atoms with Crippen LogP contribution < -0.4 is 5.32 Å². The molecule has 0 spiro atoms. The molecule has 1 aromatic rings. The quantitative estimate of drug-likeness (QED) is 0.790. The summed E-state index contributed by atoms with van der Waals surface area (Å²) < 4.78 is 1.95. The van der Waals surface area contributed by atoms with Gasteiger partial charge in [0.15, 0.2) is 0 Å². The van der Waals surface area contributed by atoms with E-state index in [1.165, 1.54) is 30.5 Å². The zero-order valence-electron chi connectivity index (χ0n) is 9.25. The van der Waals surface area contributed by atoms with Gasteiger partial charge >= 0.3 is 0 Å². The molecule has 1 saturated carbocycles. The normalized spacial score (nSPS) is 18.5. The molecule has 0 saturated heterocycles. The van der Waals surface area contributed by atoms with Crippen LogP contribution >= 0.6 is 0 Å². The SMILES string of the molecule is CNC(CC1CC1)c1cnn(C)c1C. The van der Waals surface area contributed by atoms with Crippen molar-refractivity contribution >= 4 is 0 Å². The maximum atomic E-state index is 4.29. The summed E-state index contributed by atoms with van der Waals surface area (Å²) >= 11 is 0. The Bertz CT molecular complexity index is 312. The summed E-state index contributed by atoms with van der Waals surface area (Å²) in [5, 5.41) is 7.68.